The van der Waals surface area contributed by atoms with E-state index in [0.717, 1.165) is 19.5 Å². The molecule has 13 heteroatoms. The van der Waals surface area contributed by atoms with Crippen LogP contribution in [0.2, 0.25) is 0 Å². The van der Waals surface area contributed by atoms with Crippen molar-refractivity contribution in [2.75, 3.05) is 38.7 Å². The number of ether oxygens (including phenoxy) is 2. The first-order valence-electron chi connectivity index (χ1n) is 10.3. The summed E-state index contributed by atoms with van der Waals surface area (Å²) in [4.78, 5) is 35.4. The number of aliphatic hydroxyl groups is 1. The number of carbonyl (C=O) groups excluding carboxylic acids is 3. The van der Waals surface area contributed by atoms with Crippen LogP contribution in [0.4, 0.5) is 4.79 Å². The smallest absolute Gasteiger partial charge is 1.00 e. The minimum atomic E-state index is -0.812. The van der Waals surface area contributed by atoms with Crippen molar-refractivity contribution < 1.29 is 59.9 Å². The average Bonchev–Trinajstić information content (AvgIpc) is 2.68. The molecule has 0 bridgehead atoms. The zero-order chi connectivity index (χ0) is 23.2. The number of hydrogen-bond acceptors (Lipinski definition) is 7. The van der Waals surface area contributed by atoms with Gasteiger partial charge in [0.25, 0.3) is 0 Å². The molecule has 32 heavy (non-hydrogen) atoms. The van der Waals surface area contributed by atoms with E-state index in [1.807, 2.05) is 3.93 Å². The SMILES string of the molecule is CC(C)(C)OC(=O)N1CCC(NC(=O)CCl)[C@@H](O)C1.O=C1CO[C@H]2CN(Br)CCC2N1.[H-].[Na+]. The van der Waals surface area contributed by atoms with E-state index in [-0.39, 0.29) is 80.0 Å². The van der Waals surface area contributed by atoms with Gasteiger partial charge in [-0.25, -0.2) is 8.72 Å². The first-order chi connectivity index (χ1) is 14.5. The fourth-order valence-corrected chi connectivity index (χ4v) is 4.05. The Bertz CT molecular complexity index is 662. The first kappa shape index (κ1) is 29.9. The summed E-state index contributed by atoms with van der Waals surface area (Å²) >= 11 is 8.80. The number of amides is 3. The summed E-state index contributed by atoms with van der Waals surface area (Å²) in [6, 6.07) is -0.148. The minimum Gasteiger partial charge on any atom is -1.00 e. The quantitative estimate of drug-likeness (QED) is 0.201. The van der Waals surface area contributed by atoms with Crippen molar-refractivity contribution in [1.82, 2.24) is 19.5 Å². The van der Waals surface area contributed by atoms with E-state index >= 15 is 0 Å². The number of β-amino-alcohol motifs (C(OH)–C–C–N with tert-alkyl or cyclic N) is 1. The van der Waals surface area contributed by atoms with Crippen LogP contribution in [0, 0.1) is 0 Å². The van der Waals surface area contributed by atoms with Gasteiger partial charge < -0.3 is 31.5 Å². The fourth-order valence-electron chi connectivity index (χ4n) is 3.48. The van der Waals surface area contributed by atoms with E-state index in [0.29, 0.717) is 13.0 Å². The van der Waals surface area contributed by atoms with E-state index in [4.69, 9.17) is 21.1 Å². The molecule has 0 aromatic carbocycles. The number of piperidine rings is 2. The van der Waals surface area contributed by atoms with Gasteiger partial charge in [-0.1, -0.05) is 0 Å². The summed E-state index contributed by atoms with van der Waals surface area (Å²) in [5.74, 6) is -0.449. The van der Waals surface area contributed by atoms with Gasteiger partial charge in [-0.15, -0.1) is 11.6 Å². The van der Waals surface area contributed by atoms with E-state index in [9.17, 15) is 19.5 Å². The van der Waals surface area contributed by atoms with Crippen LogP contribution >= 0.6 is 27.7 Å². The molecule has 4 atom stereocenters. The maximum atomic E-state index is 11.8. The Labute approximate surface area is 226 Å². The Hall–Kier alpha value is -0.140. The van der Waals surface area contributed by atoms with Gasteiger partial charge in [0.15, 0.2) is 0 Å². The van der Waals surface area contributed by atoms with Crippen LogP contribution in [-0.2, 0) is 19.1 Å². The summed E-state index contributed by atoms with van der Waals surface area (Å²) in [7, 11) is 0. The maximum Gasteiger partial charge on any atom is 1.00 e. The number of likely N-dealkylation sites (tertiary alicyclic amines) is 1. The number of nitrogens with zero attached hydrogens (tertiary/aromatic N) is 2. The number of rotatable bonds is 2. The number of aliphatic hydroxyl groups excluding tert-OH is 1. The van der Waals surface area contributed by atoms with Gasteiger partial charge in [0.2, 0.25) is 11.8 Å². The van der Waals surface area contributed by atoms with E-state index in [1.54, 1.807) is 20.8 Å². The summed E-state index contributed by atoms with van der Waals surface area (Å²) in [5.41, 5.74) is -0.564. The molecule has 3 N–H and O–H groups in total. The van der Waals surface area contributed by atoms with Crippen LogP contribution in [0.25, 0.3) is 0 Å². The summed E-state index contributed by atoms with van der Waals surface area (Å²) in [5, 5.41) is 15.5. The number of alkyl halides is 1. The minimum absolute atomic E-state index is 0. The Morgan fingerprint density at radius 2 is 2.03 bits per heavy atom. The predicted molar refractivity (Wildman–Crippen MR) is 119 cm³/mol. The molecule has 3 amide bonds. The van der Waals surface area contributed by atoms with Gasteiger partial charge in [0, 0.05) is 35.8 Å². The molecule has 3 aliphatic rings. The predicted octanol–water partition coefficient (Wildman–Crippen LogP) is -2.29. The monoisotopic (exact) mass is 550 g/mol. The van der Waals surface area contributed by atoms with Crippen LogP contribution in [-0.4, -0.2) is 100 Å². The molecule has 10 nitrogen and oxygen atoms in total. The van der Waals surface area contributed by atoms with Crippen LogP contribution in [0.5, 0.6) is 0 Å². The van der Waals surface area contributed by atoms with Crippen molar-refractivity contribution in [1.29, 1.82) is 0 Å². The van der Waals surface area contributed by atoms with Gasteiger partial charge >= 0.3 is 35.7 Å². The van der Waals surface area contributed by atoms with Crippen molar-refractivity contribution in [3.05, 3.63) is 0 Å². The molecule has 3 heterocycles. The number of morpholine rings is 1. The first-order valence-corrected chi connectivity index (χ1v) is 11.6. The summed E-state index contributed by atoms with van der Waals surface area (Å²) in [6.07, 6.45) is 0.336. The van der Waals surface area contributed by atoms with Gasteiger partial charge in [-0.2, -0.15) is 0 Å². The van der Waals surface area contributed by atoms with Gasteiger partial charge in [0.1, 0.15) is 18.1 Å². The van der Waals surface area contributed by atoms with Crippen molar-refractivity contribution >= 4 is 45.7 Å². The van der Waals surface area contributed by atoms with E-state index < -0.39 is 17.8 Å². The molecule has 2 unspecified atom stereocenters. The molecule has 0 saturated carbocycles. The van der Waals surface area contributed by atoms with Crippen LogP contribution in [0.15, 0.2) is 0 Å². The standard InChI is InChI=1S/C12H21ClN2O4.C7H11BrN2O2.Na.H/c1-12(2,3)19-11(18)15-5-4-8(9(16)7-15)14-10(17)6-13;8-10-2-1-5-6(3-10)12-4-7(11)9-5;;/h8-9,16H,4-7H2,1-3H3,(H,14,17);5-6H,1-4H2,(H,9,11);;/q;;+1;-1/t8?,9-;5?,6-;;/m00../s1. The third-order valence-electron chi connectivity index (χ3n) is 4.99. The Kier molecular flexibility index (Phi) is 12.8. The zero-order valence-electron chi connectivity index (χ0n) is 20.1. The van der Waals surface area contributed by atoms with Crippen molar-refractivity contribution in [3.63, 3.8) is 0 Å². The van der Waals surface area contributed by atoms with Crippen molar-refractivity contribution in [2.45, 2.75) is 63.5 Å². The third-order valence-corrected chi connectivity index (χ3v) is 5.87. The van der Waals surface area contributed by atoms with Crippen LogP contribution in [0.3, 0.4) is 0 Å². The Morgan fingerprint density at radius 1 is 1.34 bits per heavy atom. The van der Waals surface area contributed by atoms with Gasteiger partial charge in [-0.05, 0) is 33.6 Å². The van der Waals surface area contributed by atoms with Crippen molar-refractivity contribution in [2.24, 2.45) is 0 Å². The van der Waals surface area contributed by atoms with E-state index in [2.05, 4.69) is 26.8 Å². The summed E-state index contributed by atoms with van der Waals surface area (Å²) < 4.78 is 12.7. The normalized spacial score (nSPS) is 28.2. The number of fused-ring (bicyclic) bond motifs is 1. The Morgan fingerprint density at radius 3 is 2.62 bits per heavy atom. The molecular weight excluding hydrogens is 519 g/mol. The third kappa shape index (κ3) is 10.0. The molecule has 0 spiro atoms. The van der Waals surface area contributed by atoms with Crippen molar-refractivity contribution in [3.8, 4) is 0 Å². The molecule has 0 radical (unpaired) electrons. The number of hydrogen-bond donors (Lipinski definition) is 3. The molecule has 180 valence electrons. The number of carbonyl (C=O) groups is 3. The van der Waals surface area contributed by atoms with Crippen LogP contribution in [0.1, 0.15) is 35.0 Å². The van der Waals surface area contributed by atoms with E-state index in [1.165, 1.54) is 4.90 Å². The fraction of sp³-hybridized carbons (Fsp3) is 0.842. The topological polar surface area (TPSA) is 120 Å². The molecule has 0 aliphatic carbocycles. The molecule has 3 rings (SSSR count). The summed E-state index contributed by atoms with van der Waals surface area (Å²) in [6.45, 7) is 7.96. The second kappa shape index (κ2) is 13.7. The number of halogens is 2. The molecular formula is C19H33BrClN4NaO6. The molecule has 0 aromatic heterocycles. The average molecular weight is 552 g/mol. The second-order valence-electron chi connectivity index (χ2n) is 8.77. The largest absolute Gasteiger partial charge is 1.00 e. The Balaban J connectivity index is 0.000000632. The maximum absolute atomic E-state index is 11.8. The van der Waals surface area contributed by atoms with Gasteiger partial charge in [0.05, 0.1) is 30.8 Å². The molecule has 3 saturated heterocycles. The second-order valence-corrected chi connectivity index (χ2v) is 10.0. The molecule has 0 aromatic rings. The molecule has 3 aliphatic heterocycles. The number of nitrogens with one attached hydrogen (secondary N) is 2. The zero-order valence-corrected chi connectivity index (χ0v) is 23.4. The van der Waals surface area contributed by atoms with Crippen LogP contribution < -0.4 is 40.2 Å². The van der Waals surface area contributed by atoms with Gasteiger partial charge in [-0.3, -0.25) is 9.59 Å². The molecule has 3 fully saturated rings.